The maximum atomic E-state index is 12.3. The molecule has 4 N–H and O–H groups in total. The Morgan fingerprint density at radius 1 is 1.21 bits per heavy atom. The highest BCUT2D eigenvalue weighted by Crippen LogP contribution is 2.17. The summed E-state index contributed by atoms with van der Waals surface area (Å²) in [5.41, 5.74) is 7.82. The van der Waals surface area contributed by atoms with Gasteiger partial charge in [-0.15, -0.1) is 0 Å². The highest BCUT2D eigenvalue weighted by Gasteiger charge is 2.14. The monoisotopic (exact) mass is 398 g/mol. The number of carbonyl (C=O) groups is 3. The smallest absolute Gasteiger partial charge is 0.340 e. The van der Waals surface area contributed by atoms with Crippen LogP contribution in [-0.2, 0) is 20.7 Å². The van der Waals surface area contributed by atoms with E-state index in [1.54, 1.807) is 19.9 Å². The maximum absolute atomic E-state index is 12.3. The minimum atomic E-state index is -0.589. The first-order chi connectivity index (χ1) is 13.9. The van der Waals surface area contributed by atoms with Gasteiger partial charge in [0.2, 0.25) is 11.8 Å². The van der Waals surface area contributed by atoms with Crippen LogP contribution in [0.4, 0.5) is 11.4 Å². The molecule has 154 valence electrons. The molecule has 0 saturated carbocycles. The number of amides is 2. The SMILES string of the molecule is CCOC(=O)c1ccncc1NC(=O)CCCc1cccc(NC(=O)C(C)N)c1. The van der Waals surface area contributed by atoms with Gasteiger partial charge in [-0.05, 0) is 50.5 Å². The van der Waals surface area contributed by atoms with Crippen LogP contribution in [0.3, 0.4) is 0 Å². The molecule has 8 nitrogen and oxygen atoms in total. The minimum absolute atomic E-state index is 0.218. The van der Waals surface area contributed by atoms with Crippen LogP contribution < -0.4 is 16.4 Å². The molecule has 1 aromatic carbocycles. The fourth-order valence-corrected chi connectivity index (χ4v) is 2.61. The molecule has 0 fully saturated rings. The number of nitrogens with one attached hydrogen (secondary N) is 2. The number of rotatable bonds is 9. The van der Waals surface area contributed by atoms with Crippen molar-refractivity contribution < 1.29 is 19.1 Å². The van der Waals surface area contributed by atoms with E-state index in [-0.39, 0.29) is 30.4 Å². The van der Waals surface area contributed by atoms with Crippen LogP contribution in [0.15, 0.2) is 42.7 Å². The normalized spacial score (nSPS) is 11.4. The molecule has 2 amide bonds. The maximum Gasteiger partial charge on any atom is 0.340 e. The zero-order valence-corrected chi connectivity index (χ0v) is 16.6. The predicted octanol–water partition coefficient (Wildman–Crippen LogP) is 2.51. The lowest BCUT2D eigenvalue weighted by molar-refractivity contribution is -0.117. The number of ether oxygens (including phenoxy) is 1. The number of carbonyl (C=O) groups excluding carboxylic acids is 3. The topological polar surface area (TPSA) is 123 Å². The van der Waals surface area contributed by atoms with Crippen molar-refractivity contribution in [3.63, 3.8) is 0 Å². The van der Waals surface area contributed by atoms with Crippen molar-refractivity contribution in [1.29, 1.82) is 0 Å². The van der Waals surface area contributed by atoms with Gasteiger partial charge in [-0.2, -0.15) is 0 Å². The summed E-state index contributed by atoms with van der Waals surface area (Å²) in [4.78, 5) is 39.9. The molecule has 0 radical (unpaired) electrons. The lowest BCUT2D eigenvalue weighted by Gasteiger charge is -2.10. The Balaban J connectivity index is 1.88. The Labute approximate surface area is 169 Å². The molecule has 0 bridgehead atoms. The largest absolute Gasteiger partial charge is 0.462 e. The summed E-state index contributed by atoms with van der Waals surface area (Å²) in [6.45, 7) is 3.58. The second-order valence-corrected chi connectivity index (χ2v) is 6.52. The highest BCUT2D eigenvalue weighted by atomic mass is 16.5. The molecule has 0 saturated heterocycles. The second-order valence-electron chi connectivity index (χ2n) is 6.52. The first kappa shape index (κ1) is 22.0. The molecule has 8 heteroatoms. The Hall–Kier alpha value is -3.26. The van der Waals surface area contributed by atoms with Crippen molar-refractivity contribution in [2.45, 2.75) is 39.2 Å². The second kappa shape index (κ2) is 10.9. The number of anilines is 2. The van der Waals surface area contributed by atoms with Crippen LogP contribution in [0.1, 0.15) is 42.6 Å². The molecule has 1 aromatic heterocycles. The number of nitrogens with two attached hydrogens (primary N) is 1. The van der Waals surface area contributed by atoms with E-state index < -0.39 is 12.0 Å². The van der Waals surface area contributed by atoms with Crippen molar-refractivity contribution in [1.82, 2.24) is 4.98 Å². The average molecular weight is 398 g/mol. The molecule has 1 atom stereocenters. The predicted molar refractivity (Wildman–Crippen MR) is 110 cm³/mol. The van der Waals surface area contributed by atoms with Crippen LogP contribution in [0.25, 0.3) is 0 Å². The highest BCUT2D eigenvalue weighted by molar-refractivity contribution is 6.01. The van der Waals surface area contributed by atoms with E-state index in [1.165, 1.54) is 18.5 Å². The quantitative estimate of drug-likeness (QED) is 0.558. The summed E-state index contributed by atoms with van der Waals surface area (Å²) in [5, 5.41) is 5.46. The number of pyridine rings is 1. The Morgan fingerprint density at radius 3 is 2.72 bits per heavy atom. The van der Waals surface area contributed by atoms with Crippen molar-refractivity contribution in [3.05, 3.63) is 53.9 Å². The zero-order chi connectivity index (χ0) is 21.2. The molecule has 2 rings (SSSR count). The van der Waals surface area contributed by atoms with Crippen molar-refractivity contribution in [3.8, 4) is 0 Å². The summed E-state index contributed by atoms with van der Waals surface area (Å²) in [7, 11) is 0. The minimum Gasteiger partial charge on any atom is -0.462 e. The van der Waals surface area contributed by atoms with Gasteiger partial charge in [-0.3, -0.25) is 14.6 Å². The molecule has 29 heavy (non-hydrogen) atoms. The van der Waals surface area contributed by atoms with E-state index in [4.69, 9.17) is 10.5 Å². The summed E-state index contributed by atoms with van der Waals surface area (Å²) < 4.78 is 4.99. The number of hydrogen-bond donors (Lipinski definition) is 3. The Bertz CT molecular complexity index is 867. The van der Waals surface area contributed by atoms with Gasteiger partial charge in [0.25, 0.3) is 0 Å². The van der Waals surface area contributed by atoms with Gasteiger partial charge in [0, 0.05) is 18.3 Å². The molecule has 0 aliphatic heterocycles. The standard InChI is InChI=1S/C21H26N4O4/c1-3-29-21(28)17-10-11-23-13-18(17)25-19(26)9-5-7-15-6-4-8-16(12-15)24-20(27)14(2)22/h4,6,8,10-14H,3,5,7,9,22H2,1-2H3,(H,24,27)(H,25,26). The van der Waals surface area contributed by atoms with Gasteiger partial charge < -0.3 is 21.1 Å². The van der Waals surface area contributed by atoms with E-state index in [2.05, 4.69) is 15.6 Å². The van der Waals surface area contributed by atoms with E-state index in [0.717, 1.165) is 5.56 Å². The number of esters is 1. The Kier molecular flexibility index (Phi) is 8.29. The number of hydrogen-bond acceptors (Lipinski definition) is 6. The van der Waals surface area contributed by atoms with Gasteiger partial charge in [-0.1, -0.05) is 12.1 Å². The molecule has 0 spiro atoms. The van der Waals surface area contributed by atoms with E-state index in [1.807, 2.05) is 18.2 Å². The third-order valence-corrected chi connectivity index (χ3v) is 4.07. The van der Waals surface area contributed by atoms with Gasteiger partial charge >= 0.3 is 5.97 Å². The molecular weight excluding hydrogens is 372 g/mol. The third kappa shape index (κ3) is 7.00. The molecule has 0 aliphatic rings. The van der Waals surface area contributed by atoms with Crippen molar-refractivity contribution in [2.75, 3.05) is 17.2 Å². The van der Waals surface area contributed by atoms with Gasteiger partial charge in [-0.25, -0.2) is 4.79 Å². The molecule has 1 heterocycles. The zero-order valence-electron chi connectivity index (χ0n) is 16.6. The van der Waals surface area contributed by atoms with Crippen LogP contribution >= 0.6 is 0 Å². The van der Waals surface area contributed by atoms with Gasteiger partial charge in [0.05, 0.1) is 30.1 Å². The fourth-order valence-electron chi connectivity index (χ4n) is 2.61. The van der Waals surface area contributed by atoms with E-state index in [0.29, 0.717) is 24.2 Å². The number of aryl methyl sites for hydroxylation is 1. The molecule has 1 unspecified atom stereocenters. The van der Waals surface area contributed by atoms with Gasteiger partial charge in [0.1, 0.15) is 0 Å². The summed E-state index contributed by atoms with van der Waals surface area (Å²) in [6.07, 6.45) is 4.43. The van der Waals surface area contributed by atoms with E-state index in [9.17, 15) is 14.4 Å². The summed E-state index contributed by atoms with van der Waals surface area (Å²) in [5.74, 6) is -0.976. The lowest BCUT2D eigenvalue weighted by atomic mass is 10.1. The third-order valence-electron chi connectivity index (χ3n) is 4.07. The summed E-state index contributed by atoms with van der Waals surface area (Å²) in [6, 6.07) is 8.34. The summed E-state index contributed by atoms with van der Waals surface area (Å²) >= 11 is 0. The number of nitrogens with zero attached hydrogens (tertiary/aromatic N) is 1. The number of benzene rings is 1. The van der Waals surface area contributed by atoms with Crippen LogP contribution in [-0.4, -0.2) is 35.4 Å². The van der Waals surface area contributed by atoms with Gasteiger partial charge in [0.15, 0.2) is 0 Å². The molecule has 0 aliphatic carbocycles. The molecule has 2 aromatic rings. The first-order valence-electron chi connectivity index (χ1n) is 9.47. The number of aromatic nitrogens is 1. The lowest BCUT2D eigenvalue weighted by Crippen LogP contribution is -2.32. The van der Waals surface area contributed by atoms with E-state index >= 15 is 0 Å². The van der Waals surface area contributed by atoms with Crippen LogP contribution in [0.5, 0.6) is 0 Å². The van der Waals surface area contributed by atoms with Crippen molar-refractivity contribution >= 4 is 29.2 Å². The van der Waals surface area contributed by atoms with Crippen LogP contribution in [0.2, 0.25) is 0 Å². The van der Waals surface area contributed by atoms with Crippen molar-refractivity contribution in [2.24, 2.45) is 5.73 Å². The van der Waals surface area contributed by atoms with Crippen LogP contribution in [0, 0.1) is 0 Å². The first-order valence-corrected chi connectivity index (χ1v) is 9.47. The average Bonchev–Trinajstić information content (AvgIpc) is 2.68. The Morgan fingerprint density at radius 2 is 2.00 bits per heavy atom. The molecular formula is C21H26N4O4. The fraction of sp³-hybridized carbons (Fsp3) is 0.333.